The van der Waals surface area contributed by atoms with Gasteiger partial charge >= 0.3 is 0 Å². The van der Waals surface area contributed by atoms with Crippen LogP contribution < -0.4 is 4.74 Å². The van der Waals surface area contributed by atoms with Gasteiger partial charge in [-0.1, -0.05) is 0 Å². The topological polar surface area (TPSA) is 51.6 Å². The lowest BCUT2D eigenvalue weighted by molar-refractivity contribution is 0.00469. The lowest BCUT2D eigenvalue weighted by Gasteiger charge is -2.15. The van der Waals surface area contributed by atoms with Crippen LogP contribution in [0.5, 0.6) is 5.75 Å². The molecule has 0 saturated heterocycles. The molecule has 0 spiro atoms. The zero-order chi connectivity index (χ0) is 12.8. The number of pyridine rings is 1. The van der Waals surface area contributed by atoms with Crippen molar-refractivity contribution in [2.24, 2.45) is 0 Å². The second-order valence-corrected chi connectivity index (χ2v) is 4.52. The maximum Gasteiger partial charge on any atom is 0.138 e. The fourth-order valence-corrected chi connectivity index (χ4v) is 1.33. The van der Waals surface area contributed by atoms with E-state index in [0.717, 1.165) is 0 Å². The average molecular weight is 239 g/mol. The summed E-state index contributed by atoms with van der Waals surface area (Å²) in [5.74, 6) is 0.668. The Morgan fingerprint density at radius 3 is 2.47 bits per heavy atom. The average Bonchev–Trinajstić information content (AvgIpc) is 2.25. The Hall–Kier alpha value is -1.13. The van der Waals surface area contributed by atoms with Gasteiger partial charge in [-0.25, -0.2) is 0 Å². The Morgan fingerprint density at radius 2 is 1.88 bits per heavy atom. The van der Waals surface area contributed by atoms with Gasteiger partial charge in [-0.3, -0.25) is 4.98 Å². The van der Waals surface area contributed by atoms with Crippen LogP contribution in [-0.4, -0.2) is 28.9 Å². The molecule has 1 atom stereocenters. The van der Waals surface area contributed by atoms with E-state index in [1.54, 1.807) is 18.5 Å². The quantitative estimate of drug-likeness (QED) is 0.827. The Bertz CT molecular complexity index is 339. The van der Waals surface area contributed by atoms with Gasteiger partial charge in [0, 0.05) is 11.8 Å². The molecule has 96 valence electrons. The van der Waals surface area contributed by atoms with Gasteiger partial charge < -0.3 is 14.6 Å². The predicted molar refractivity (Wildman–Crippen MR) is 66.0 cm³/mol. The summed E-state index contributed by atoms with van der Waals surface area (Å²) >= 11 is 0. The van der Waals surface area contributed by atoms with E-state index in [-0.39, 0.29) is 18.8 Å². The Balaban J connectivity index is 2.63. The monoisotopic (exact) mass is 239 g/mol. The second kappa shape index (κ2) is 6.57. The molecule has 0 saturated carbocycles. The van der Waals surface area contributed by atoms with E-state index in [0.29, 0.717) is 11.3 Å². The Labute approximate surface area is 103 Å². The Morgan fingerprint density at radius 1 is 1.18 bits per heavy atom. The molecule has 1 unspecified atom stereocenters. The van der Waals surface area contributed by atoms with Crippen LogP contribution in [0.25, 0.3) is 0 Å². The van der Waals surface area contributed by atoms with Crippen LogP contribution in [0.4, 0.5) is 0 Å². The number of aliphatic hydroxyl groups is 1. The van der Waals surface area contributed by atoms with Crippen molar-refractivity contribution in [3.05, 3.63) is 24.0 Å². The fourth-order valence-electron chi connectivity index (χ4n) is 1.33. The van der Waals surface area contributed by atoms with Gasteiger partial charge in [0.25, 0.3) is 0 Å². The molecule has 1 aromatic heterocycles. The molecule has 0 aromatic carbocycles. The fraction of sp³-hybridized carbons (Fsp3) is 0.615. The highest BCUT2D eigenvalue weighted by molar-refractivity contribution is 5.25. The van der Waals surface area contributed by atoms with Crippen LogP contribution in [0.15, 0.2) is 18.5 Å². The third-order valence-electron chi connectivity index (χ3n) is 2.08. The molecule has 0 fully saturated rings. The van der Waals surface area contributed by atoms with Gasteiger partial charge in [0.05, 0.1) is 25.0 Å². The lowest BCUT2D eigenvalue weighted by atomic mass is 10.2. The van der Waals surface area contributed by atoms with Gasteiger partial charge in [-0.15, -0.1) is 0 Å². The number of nitrogens with zero attached hydrogens (tertiary/aromatic N) is 1. The highest BCUT2D eigenvalue weighted by atomic mass is 16.5. The summed E-state index contributed by atoms with van der Waals surface area (Å²) in [6.45, 7) is 8.03. The third kappa shape index (κ3) is 5.15. The van der Waals surface area contributed by atoms with Crippen LogP contribution >= 0.6 is 0 Å². The van der Waals surface area contributed by atoms with Crippen molar-refractivity contribution in [3.63, 3.8) is 0 Å². The molecule has 1 heterocycles. The molecular weight excluding hydrogens is 218 g/mol. The van der Waals surface area contributed by atoms with Crippen molar-refractivity contribution in [1.82, 2.24) is 4.98 Å². The van der Waals surface area contributed by atoms with Crippen molar-refractivity contribution >= 4 is 0 Å². The molecule has 0 aliphatic carbocycles. The summed E-state index contributed by atoms with van der Waals surface area (Å²) in [4.78, 5) is 4.05. The first-order valence-electron chi connectivity index (χ1n) is 5.90. The summed E-state index contributed by atoms with van der Waals surface area (Å²) in [6.07, 6.45) is 2.80. The summed E-state index contributed by atoms with van der Waals surface area (Å²) in [5, 5.41) is 9.91. The van der Waals surface area contributed by atoms with Gasteiger partial charge in [0.1, 0.15) is 11.9 Å². The van der Waals surface area contributed by atoms with Gasteiger partial charge in [-0.2, -0.15) is 0 Å². The standard InChI is InChI=1S/C13H21NO3/c1-9(2)16-8-13(15)11-5-12(7-14-6-11)17-10(3)4/h5-7,9-10,13,15H,8H2,1-4H3. The van der Waals surface area contributed by atoms with E-state index < -0.39 is 6.10 Å². The van der Waals surface area contributed by atoms with Crippen molar-refractivity contribution in [1.29, 1.82) is 0 Å². The molecule has 17 heavy (non-hydrogen) atoms. The van der Waals surface area contributed by atoms with Gasteiger partial charge in [0.2, 0.25) is 0 Å². The smallest absolute Gasteiger partial charge is 0.138 e. The van der Waals surface area contributed by atoms with Crippen LogP contribution in [-0.2, 0) is 4.74 Å². The van der Waals surface area contributed by atoms with E-state index in [9.17, 15) is 5.11 Å². The second-order valence-electron chi connectivity index (χ2n) is 4.52. The molecule has 0 radical (unpaired) electrons. The van der Waals surface area contributed by atoms with Crippen molar-refractivity contribution in [2.45, 2.75) is 46.0 Å². The molecule has 1 N–H and O–H groups in total. The van der Waals surface area contributed by atoms with E-state index >= 15 is 0 Å². The van der Waals surface area contributed by atoms with E-state index in [4.69, 9.17) is 9.47 Å². The molecule has 0 bridgehead atoms. The number of ether oxygens (including phenoxy) is 2. The van der Waals surface area contributed by atoms with E-state index in [2.05, 4.69) is 4.98 Å². The molecule has 4 nitrogen and oxygen atoms in total. The summed E-state index contributed by atoms with van der Waals surface area (Å²) in [6, 6.07) is 1.79. The molecular formula is C13H21NO3. The number of hydrogen-bond donors (Lipinski definition) is 1. The van der Waals surface area contributed by atoms with Crippen LogP contribution in [0.3, 0.4) is 0 Å². The molecule has 1 aromatic rings. The normalized spacial score (nSPS) is 13.1. The Kier molecular flexibility index (Phi) is 5.38. The zero-order valence-electron chi connectivity index (χ0n) is 10.9. The van der Waals surface area contributed by atoms with Crippen LogP contribution in [0, 0.1) is 0 Å². The lowest BCUT2D eigenvalue weighted by Crippen LogP contribution is -2.12. The summed E-state index contributed by atoms with van der Waals surface area (Å²) in [7, 11) is 0. The summed E-state index contributed by atoms with van der Waals surface area (Å²) < 4.78 is 10.9. The van der Waals surface area contributed by atoms with Crippen LogP contribution in [0.2, 0.25) is 0 Å². The SMILES string of the molecule is CC(C)OCC(O)c1cncc(OC(C)C)c1. The molecule has 0 amide bonds. The van der Waals surface area contributed by atoms with E-state index in [1.165, 1.54) is 0 Å². The van der Waals surface area contributed by atoms with Crippen molar-refractivity contribution in [2.75, 3.05) is 6.61 Å². The minimum Gasteiger partial charge on any atom is -0.489 e. The maximum absolute atomic E-state index is 9.91. The molecule has 0 aliphatic heterocycles. The maximum atomic E-state index is 9.91. The summed E-state index contributed by atoms with van der Waals surface area (Å²) in [5.41, 5.74) is 0.712. The highest BCUT2D eigenvalue weighted by Crippen LogP contribution is 2.19. The van der Waals surface area contributed by atoms with Gasteiger partial charge in [0.15, 0.2) is 0 Å². The number of hydrogen-bond acceptors (Lipinski definition) is 4. The predicted octanol–water partition coefficient (Wildman–Crippen LogP) is 2.33. The zero-order valence-corrected chi connectivity index (χ0v) is 10.9. The highest BCUT2D eigenvalue weighted by Gasteiger charge is 2.10. The number of rotatable bonds is 6. The van der Waals surface area contributed by atoms with Crippen LogP contribution in [0.1, 0.15) is 39.4 Å². The largest absolute Gasteiger partial charge is 0.489 e. The first-order chi connectivity index (χ1) is 7.99. The minimum atomic E-state index is -0.666. The molecule has 4 heteroatoms. The third-order valence-corrected chi connectivity index (χ3v) is 2.08. The van der Waals surface area contributed by atoms with Crippen molar-refractivity contribution in [3.8, 4) is 5.75 Å². The first kappa shape index (κ1) is 13.9. The number of aliphatic hydroxyl groups excluding tert-OH is 1. The molecule has 1 rings (SSSR count). The first-order valence-corrected chi connectivity index (χ1v) is 5.90. The van der Waals surface area contributed by atoms with Crippen molar-refractivity contribution < 1.29 is 14.6 Å². The van der Waals surface area contributed by atoms with E-state index in [1.807, 2.05) is 27.7 Å². The molecule has 0 aliphatic rings. The van der Waals surface area contributed by atoms with Gasteiger partial charge in [-0.05, 0) is 33.8 Å². The minimum absolute atomic E-state index is 0.0936. The number of aromatic nitrogens is 1.